The van der Waals surface area contributed by atoms with Crippen LogP contribution >= 0.6 is 0 Å². The number of nitrogens with zero attached hydrogens (tertiary/aromatic N) is 3. The lowest BCUT2D eigenvalue weighted by atomic mass is 10.1. The monoisotopic (exact) mass is 217 g/mol. The molecule has 0 spiro atoms. The van der Waals surface area contributed by atoms with E-state index in [0.29, 0.717) is 11.5 Å². The molecule has 0 amide bonds. The molecule has 2 aromatic rings. The van der Waals surface area contributed by atoms with E-state index in [0.717, 1.165) is 24.1 Å². The van der Waals surface area contributed by atoms with Crippen LogP contribution in [-0.4, -0.2) is 14.8 Å². The highest BCUT2D eigenvalue weighted by atomic mass is 15.3. The zero-order valence-corrected chi connectivity index (χ0v) is 9.22. The van der Waals surface area contributed by atoms with Crippen molar-refractivity contribution in [1.29, 1.82) is 0 Å². The number of rotatable bonds is 3. The third-order valence-corrected chi connectivity index (χ3v) is 2.40. The van der Waals surface area contributed by atoms with Crippen molar-refractivity contribution in [2.75, 3.05) is 11.5 Å². The molecular weight excluding hydrogens is 202 g/mol. The van der Waals surface area contributed by atoms with Gasteiger partial charge in [0.05, 0.1) is 11.9 Å². The molecule has 5 heteroatoms. The van der Waals surface area contributed by atoms with E-state index in [-0.39, 0.29) is 0 Å². The predicted octanol–water partition coefficient (Wildman–Crippen LogP) is 0.994. The number of aryl methyl sites for hydroxylation is 3. The minimum absolute atomic E-state index is 0.589. The van der Waals surface area contributed by atoms with Gasteiger partial charge in [-0.25, -0.2) is 4.98 Å². The van der Waals surface area contributed by atoms with Gasteiger partial charge in [-0.15, -0.1) is 0 Å². The minimum Gasteiger partial charge on any atom is -0.396 e. The molecule has 0 saturated carbocycles. The third kappa shape index (κ3) is 2.31. The van der Waals surface area contributed by atoms with Gasteiger partial charge in [-0.2, -0.15) is 5.10 Å². The molecule has 0 saturated heterocycles. The van der Waals surface area contributed by atoms with Gasteiger partial charge in [0.15, 0.2) is 0 Å². The van der Waals surface area contributed by atoms with Crippen LogP contribution in [0.4, 0.5) is 11.5 Å². The molecule has 4 N–H and O–H groups in total. The summed E-state index contributed by atoms with van der Waals surface area (Å²) in [6.45, 7) is 2.76. The Morgan fingerprint density at radius 3 is 2.81 bits per heavy atom. The van der Waals surface area contributed by atoms with Crippen molar-refractivity contribution in [3.8, 4) is 0 Å². The molecule has 2 heterocycles. The van der Waals surface area contributed by atoms with Crippen LogP contribution in [0.1, 0.15) is 11.1 Å². The van der Waals surface area contributed by atoms with Crippen molar-refractivity contribution in [3.05, 3.63) is 35.8 Å². The Bertz CT molecular complexity index is 489. The average molecular weight is 217 g/mol. The number of nitrogen functional groups attached to an aromatic ring is 2. The van der Waals surface area contributed by atoms with E-state index >= 15 is 0 Å². The molecule has 0 atom stereocenters. The standard InChI is InChI=1S/C11H15N5/c1-8-4-9(11(13)14-5-8)2-3-16-7-10(12)6-15-16/h4-7H,2-3,12H2,1H3,(H2,13,14). The second kappa shape index (κ2) is 4.22. The second-order valence-electron chi connectivity index (χ2n) is 3.84. The molecule has 0 aliphatic carbocycles. The van der Waals surface area contributed by atoms with Gasteiger partial charge in [0.25, 0.3) is 0 Å². The lowest BCUT2D eigenvalue weighted by Gasteiger charge is -2.05. The summed E-state index contributed by atoms with van der Waals surface area (Å²) < 4.78 is 1.80. The summed E-state index contributed by atoms with van der Waals surface area (Å²) in [5, 5.41) is 4.11. The van der Waals surface area contributed by atoms with E-state index < -0.39 is 0 Å². The topological polar surface area (TPSA) is 82.8 Å². The van der Waals surface area contributed by atoms with Crippen molar-refractivity contribution in [1.82, 2.24) is 14.8 Å². The number of hydrogen-bond acceptors (Lipinski definition) is 4. The summed E-state index contributed by atoms with van der Waals surface area (Å²) in [7, 11) is 0. The van der Waals surface area contributed by atoms with Gasteiger partial charge in [-0.3, -0.25) is 4.68 Å². The zero-order valence-electron chi connectivity index (χ0n) is 9.22. The van der Waals surface area contributed by atoms with Gasteiger partial charge in [0.1, 0.15) is 5.82 Å². The van der Waals surface area contributed by atoms with Gasteiger partial charge < -0.3 is 11.5 Å². The van der Waals surface area contributed by atoms with E-state index in [1.165, 1.54) is 0 Å². The molecule has 0 aliphatic rings. The number of pyridine rings is 1. The molecule has 0 bridgehead atoms. The maximum Gasteiger partial charge on any atom is 0.126 e. The van der Waals surface area contributed by atoms with Crippen LogP contribution in [0.3, 0.4) is 0 Å². The lowest BCUT2D eigenvalue weighted by molar-refractivity contribution is 0.615. The highest BCUT2D eigenvalue weighted by molar-refractivity contribution is 5.40. The molecule has 0 radical (unpaired) electrons. The third-order valence-electron chi connectivity index (χ3n) is 2.40. The van der Waals surface area contributed by atoms with Crippen molar-refractivity contribution in [2.45, 2.75) is 19.9 Å². The van der Waals surface area contributed by atoms with E-state index in [1.807, 2.05) is 6.92 Å². The average Bonchev–Trinajstić information content (AvgIpc) is 2.66. The Morgan fingerprint density at radius 1 is 1.31 bits per heavy atom. The molecular formula is C11H15N5. The van der Waals surface area contributed by atoms with Crippen LogP contribution in [0.15, 0.2) is 24.7 Å². The van der Waals surface area contributed by atoms with Crippen LogP contribution < -0.4 is 11.5 Å². The quantitative estimate of drug-likeness (QED) is 0.803. The molecule has 84 valence electrons. The molecule has 2 rings (SSSR count). The van der Waals surface area contributed by atoms with Crippen LogP contribution in [0, 0.1) is 6.92 Å². The number of nitrogens with two attached hydrogens (primary N) is 2. The molecule has 0 aromatic carbocycles. The SMILES string of the molecule is Cc1cnc(N)c(CCn2cc(N)cn2)c1. The van der Waals surface area contributed by atoms with Crippen LogP contribution in [-0.2, 0) is 13.0 Å². The van der Waals surface area contributed by atoms with Gasteiger partial charge in [0, 0.05) is 18.9 Å². The summed E-state index contributed by atoms with van der Waals surface area (Å²) in [5.41, 5.74) is 14.2. The lowest BCUT2D eigenvalue weighted by Crippen LogP contribution is -2.05. The van der Waals surface area contributed by atoms with Crippen molar-refractivity contribution in [3.63, 3.8) is 0 Å². The predicted molar refractivity (Wildman–Crippen MR) is 63.7 cm³/mol. The summed E-state index contributed by atoms with van der Waals surface area (Å²) in [5.74, 6) is 0.589. The minimum atomic E-state index is 0.589. The van der Waals surface area contributed by atoms with Crippen molar-refractivity contribution < 1.29 is 0 Å². The van der Waals surface area contributed by atoms with Gasteiger partial charge >= 0.3 is 0 Å². The van der Waals surface area contributed by atoms with E-state index in [4.69, 9.17) is 11.5 Å². The largest absolute Gasteiger partial charge is 0.396 e. The van der Waals surface area contributed by atoms with Crippen molar-refractivity contribution >= 4 is 11.5 Å². The number of hydrogen-bond donors (Lipinski definition) is 2. The zero-order chi connectivity index (χ0) is 11.5. The molecule has 5 nitrogen and oxygen atoms in total. The number of aromatic nitrogens is 3. The van der Waals surface area contributed by atoms with Gasteiger partial charge in [-0.1, -0.05) is 6.07 Å². The smallest absolute Gasteiger partial charge is 0.126 e. The molecule has 16 heavy (non-hydrogen) atoms. The van der Waals surface area contributed by atoms with E-state index in [9.17, 15) is 0 Å². The van der Waals surface area contributed by atoms with Gasteiger partial charge in [-0.05, 0) is 24.5 Å². The van der Waals surface area contributed by atoms with Gasteiger partial charge in [0.2, 0.25) is 0 Å². The second-order valence-corrected chi connectivity index (χ2v) is 3.84. The van der Waals surface area contributed by atoms with Crippen LogP contribution in [0.5, 0.6) is 0 Å². The summed E-state index contributed by atoms with van der Waals surface area (Å²) in [6.07, 6.45) is 6.02. The molecule has 0 fully saturated rings. The summed E-state index contributed by atoms with van der Waals surface area (Å²) >= 11 is 0. The van der Waals surface area contributed by atoms with Crippen LogP contribution in [0.25, 0.3) is 0 Å². The maximum atomic E-state index is 5.79. The van der Waals surface area contributed by atoms with Crippen LogP contribution in [0.2, 0.25) is 0 Å². The first kappa shape index (κ1) is 10.5. The normalized spacial score (nSPS) is 10.6. The summed E-state index contributed by atoms with van der Waals surface area (Å²) in [4.78, 5) is 4.12. The Labute approximate surface area is 94.1 Å². The van der Waals surface area contributed by atoms with E-state index in [2.05, 4.69) is 16.1 Å². The van der Waals surface area contributed by atoms with Crippen molar-refractivity contribution in [2.24, 2.45) is 0 Å². The Kier molecular flexibility index (Phi) is 2.76. The Hall–Kier alpha value is -2.04. The maximum absolute atomic E-state index is 5.79. The highest BCUT2D eigenvalue weighted by Gasteiger charge is 2.02. The Balaban J connectivity index is 2.07. The number of anilines is 2. The molecule has 0 aliphatic heterocycles. The molecule has 0 unspecified atom stereocenters. The fraction of sp³-hybridized carbons (Fsp3) is 0.273. The fourth-order valence-electron chi connectivity index (χ4n) is 1.58. The fourth-order valence-corrected chi connectivity index (χ4v) is 1.58. The first-order valence-electron chi connectivity index (χ1n) is 5.14. The first-order valence-corrected chi connectivity index (χ1v) is 5.14. The Morgan fingerprint density at radius 2 is 2.12 bits per heavy atom. The highest BCUT2D eigenvalue weighted by Crippen LogP contribution is 2.12. The molecule has 2 aromatic heterocycles. The van der Waals surface area contributed by atoms with E-state index in [1.54, 1.807) is 23.3 Å². The summed E-state index contributed by atoms with van der Waals surface area (Å²) in [6, 6.07) is 2.05. The first-order chi connectivity index (χ1) is 7.65.